The summed E-state index contributed by atoms with van der Waals surface area (Å²) in [6, 6.07) is 0. The minimum absolute atomic E-state index is 0.433. The highest BCUT2D eigenvalue weighted by Gasteiger charge is 2.39. The molecule has 0 aliphatic heterocycles. The quantitative estimate of drug-likeness (QED) is 0.540. The van der Waals surface area contributed by atoms with E-state index in [9.17, 15) is 4.79 Å². The lowest BCUT2D eigenvalue weighted by molar-refractivity contribution is -0.134. The van der Waals surface area contributed by atoms with Crippen molar-refractivity contribution in [3.63, 3.8) is 0 Å². The Hall–Kier alpha value is -0.330. The number of carbonyl (C=O) groups is 1. The van der Waals surface area contributed by atoms with Crippen LogP contribution in [0.2, 0.25) is 0 Å². The predicted octanol–water partition coefficient (Wildman–Crippen LogP) is 2.65. The van der Waals surface area contributed by atoms with Crippen LogP contribution in [0.5, 0.6) is 0 Å². The van der Waals surface area contributed by atoms with E-state index < -0.39 is 0 Å². The highest BCUT2D eigenvalue weighted by atomic mass is 16.1. The van der Waals surface area contributed by atoms with Crippen molar-refractivity contribution >= 4 is 5.78 Å². The second-order valence-electron chi connectivity index (χ2n) is 4.95. The van der Waals surface area contributed by atoms with Crippen molar-refractivity contribution < 1.29 is 4.79 Å². The van der Waals surface area contributed by atoms with E-state index >= 15 is 0 Å². The van der Waals surface area contributed by atoms with Crippen molar-refractivity contribution in [1.29, 1.82) is 0 Å². The van der Waals surface area contributed by atoms with Crippen molar-refractivity contribution in [2.75, 3.05) is 0 Å². The molecule has 0 saturated heterocycles. The van der Waals surface area contributed by atoms with Crippen molar-refractivity contribution in [1.82, 2.24) is 0 Å². The van der Waals surface area contributed by atoms with Gasteiger partial charge in [0.1, 0.15) is 5.78 Å². The third-order valence-corrected chi connectivity index (χ3v) is 3.55. The van der Waals surface area contributed by atoms with Crippen LogP contribution >= 0.6 is 0 Å². The molecule has 0 spiro atoms. The van der Waals surface area contributed by atoms with Gasteiger partial charge in [-0.3, -0.25) is 4.79 Å². The van der Waals surface area contributed by atoms with Crippen LogP contribution in [-0.4, -0.2) is 5.78 Å². The van der Waals surface area contributed by atoms with Crippen LogP contribution in [-0.2, 0) is 4.79 Å². The highest BCUT2D eigenvalue weighted by molar-refractivity contribution is 5.84. The van der Waals surface area contributed by atoms with Gasteiger partial charge in [0, 0.05) is 11.8 Å². The predicted molar refractivity (Wildman–Crippen MR) is 48.8 cm³/mol. The molecule has 68 valence electrons. The minimum atomic E-state index is 0.433. The van der Waals surface area contributed by atoms with Gasteiger partial charge in [0.2, 0.25) is 0 Å². The Morgan fingerprint density at radius 2 is 1.25 bits per heavy atom. The average Bonchev–Trinajstić information content (AvgIpc) is 1.94. The van der Waals surface area contributed by atoms with E-state index in [0.29, 0.717) is 17.6 Å². The largest absolute Gasteiger partial charge is 0.299 e. The molecule has 1 heteroatoms. The molecule has 2 bridgehead atoms. The number of hydrogen-bond donors (Lipinski definition) is 0. The first-order valence-corrected chi connectivity index (χ1v) is 5.20. The van der Waals surface area contributed by atoms with E-state index in [4.69, 9.17) is 0 Å². The Morgan fingerprint density at radius 1 is 0.917 bits per heavy atom. The monoisotopic (exact) mass is 166 g/mol. The molecule has 2 rings (SSSR count). The van der Waals surface area contributed by atoms with Crippen molar-refractivity contribution in [3.05, 3.63) is 0 Å². The average molecular weight is 166 g/mol. The van der Waals surface area contributed by atoms with Gasteiger partial charge in [-0.15, -0.1) is 0 Å². The van der Waals surface area contributed by atoms with Gasteiger partial charge in [0.15, 0.2) is 0 Å². The molecule has 2 saturated carbocycles. The molecule has 1 nitrogen and oxygen atoms in total. The smallest absolute Gasteiger partial charge is 0.139 e. The Labute approximate surface area is 74.5 Å². The van der Waals surface area contributed by atoms with Gasteiger partial charge >= 0.3 is 0 Å². The fourth-order valence-corrected chi connectivity index (χ4v) is 3.13. The second-order valence-corrected chi connectivity index (χ2v) is 4.95. The first-order valence-electron chi connectivity index (χ1n) is 5.20. The molecule has 0 amide bonds. The van der Waals surface area contributed by atoms with Crippen LogP contribution in [0.15, 0.2) is 0 Å². The lowest BCUT2D eigenvalue weighted by Gasteiger charge is -2.39. The Morgan fingerprint density at radius 3 is 1.58 bits per heavy atom. The fraction of sp³-hybridized carbons (Fsp3) is 0.909. The molecule has 12 heavy (non-hydrogen) atoms. The van der Waals surface area contributed by atoms with E-state index in [1.165, 1.54) is 25.7 Å². The van der Waals surface area contributed by atoms with Gasteiger partial charge in [-0.1, -0.05) is 13.8 Å². The highest BCUT2D eigenvalue weighted by Crippen LogP contribution is 2.42. The van der Waals surface area contributed by atoms with Gasteiger partial charge in [-0.05, 0) is 37.5 Å². The maximum Gasteiger partial charge on any atom is 0.139 e. The van der Waals surface area contributed by atoms with E-state index in [2.05, 4.69) is 13.8 Å². The summed E-state index contributed by atoms with van der Waals surface area (Å²) in [5.41, 5.74) is 0. The molecule has 0 heterocycles. The number of fused-ring (bicyclic) bond motifs is 2. The molecule has 2 aliphatic carbocycles. The van der Waals surface area contributed by atoms with Crippen LogP contribution in [0.25, 0.3) is 0 Å². The summed E-state index contributed by atoms with van der Waals surface area (Å²) in [6.45, 7) is 4.59. The van der Waals surface area contributed by atoms with Gasteiger partial charge < -0.3 is 0 Å². The summed E-state index contributed by atoms with van der Waals surface area (Å²) < 4.78 is 0. The van der Waals surface area contributed by atoms with Gasteiger partial charge in [0.25, 0.3) is 0 Å². The maximum atomic E-state index is 11.7. The molecule has 2 aliphatic rings. The lowest BCUT2D eigenvalue weighted by Crippen LogP contribution is -2.38. The molecule has 0 unspecified atom stereocenters. The van der Waals surface area contributed by atoms with Crippen molar-refractivity contribution in [2.24, 2.45) is 23.7 Å². The second kappa shape index (κ2) is 2.86. The van der Waals surface area contributed by atoms with E-state index in [1.54, 1.807) is 0 Å². The number of Topliss-reactive ketones (excluding diaryl/α,β-unsaturated/α-hetero) is 1. The molecule has 0 aromatic rings. The summed E-state index contributed by atoms with van der Waals surface area (Å²) in [4.78, 5) is 11.7. The Kier molecular flexibility index (Phi) is 1.97. The summed E-state index contributed by atoms with van der Waals surface area (Å²) >= 11 is 0. The number of carbonyl (C=O) groups excluding carboxylic acids is 1. The molecular weight excluding hydrogens is 148 g/mol. The lowest BCUT2D eigenvalue weighted by atomic mass is 9.65. The molecular formula is C11H18O. The fourth-order valence-electron chi connectivity index (χ4n) is 3.13. The van der Waals surface area contributed by atoms with Crippen molar-refractivity contribution in [2.45, 2.75) is 39.5 Å². The Balaban J connectivity index is 2.13. The molecule has 0 radical (unpaired) electrons. The molecule has 0 atom stereocenters. The third-order valence-electron chi connectivity index (χ3n) is 3.55. The SMILES string of the molecule is CC1CC2CC(C)CC(C1)C2=O. The van der Waals surface area contributed by atoms with E-state index in [-0.39, 0.29) is 0 Å². The van der Waals surface area contributed by atoms with Crippen LogP contribution in [0.3, 0.4) is 0 Å². The molecule has 0 aromatic heterocycles. The van der Waals surface area contributed by atoms with Gasteiger partial charge in [-0.25, -0.2) is 0 Å². The Bertz CT molecular complexity index is 165. The first-order chi connectivity index (χ1) is 5.66. The van der Waals surface area contributed by atoms with Crippen LogP contribution < -0.4 is 0 Å². The summed E-state index contributed by atoms with van der Waals surface area (Å²) in [5.74, 6) is 3.05. The normalized spacial score (nSPS) is 47.7. The number of hydrogen-bond acceptors (Lipinski definition) is 1. The number of ketones is 1. The van der Waals surface area contributed by atoms with Gasteiger partial charge in [-0.2, -0.15) is 0 Å². The molecule has 0 N–H and O–H groups in total. The zero-order chi connectivity index (χ0) is 8.72. The summed E-state index contributed by atoms with van der Waals surface area (Å²) in [5, 5.41) is 0. The van der Waals surface area contributed by atoms with E-state index in [0.717, 1.165) is 11.8 Å². The molecule has 2 fully saturated rings. The van der Waals surface area contributed by atoms with Crippen LogP contribution in [0, 0.1) is 23.7 Å². The molecule has 0 aromatic carbocycles. The first kappa shape index (κ1) is 8.28. The minimum Gasteiger partial charge on any atom is -0.299 e. The van der Waals surface area contributed by atoms with Gasteiger partial charge in [0.05, 0.1) is 0 Å². The topological polar surface area (TPSA) is 17.1 Å². The van der Waals surface area contributed by atoms with Crippen LogP contribution in [0.4, 0.5) is 0 Å². The zero-order valence-electron chi connectivity index (χ0n) is 8.05. The summed E-state index contributed by atoms with van der Waals surface area (Å²) in [7, 11) is 0. The van der Waals surface area contributed by atoms with Crippen LogP contribution in [0.1, 0.15) is 39.5 Å². The van der Waals surface area contributed by atoms with E-state index in [1.807, 2.05) is 0 Å². The summed E-state index contributed by atoms with van der Waals surface area (Å²) in [6.07, 6.45) is 4.67. The van der Waals surface area contributed by atoms with Crippen molar-refractivity contribution in [3.8, 4) is 0 Å². The number of rotatable bonds is 0. The standard InChI is InChI=1S/C11H18O/c1-7-3-9-5-8(2)6-10(4-7)11(9)12/h7-10H,3-6H2,1-2H3. The maximum absolute atomic E-state index is 11.7. The third kappa shape index (κ3) is 1.30. The zero-order valence-corrected chi connectivity index (χ0v) is 8.05.